The molecule has 2 heteroatoms. The Morgan fingerprint density at radius 2 is 1.59 bits per heavy atom. The van der Waals surface area contributed by atoms with Crippen molar-refractivity contribution in [1.82, 2.24) is 4.98 Å². The predicted octanol–water partition coefficient (Wildman–Crippen LogP) is 6.72. The summed E-state index contributed by atoms with van der Waals surface area (Å²) >= 11 is 0. The number of hydrogen-bond donors (Lipinski definition) is 1. The molecule has 140 valence electrons. The van der Waals surface area contributed by atoms with Crippen LogP contribution in [0.2, 0.25) is 0 Å². The SMILES string of the molecule is Oc1cccc2nc(C3CCCc4ccc5c(ccc6ccccc65)c43)ccc12. The van der Waals surface area contributed by atoms with Crippen LogP contribution >= 0.6 is 0 Å². The summed E-state index contributed by atoms with van der Waals surface area (Å²) in [5.41, 5.74) is 4.85. The van der Waals surface area contributed by atoms with Gasteiger partial charge in [0.25, 0.3) is 0 Å². The molecule has 0 aliphatic heterocycles. The Labute approximate surface area is 169 Å². The molecular weight excluding hydrogens is 354 g/mol. The molecule has 6 rings (SSSR count). The van der Waals surface area contributed by atoms with Gasteiger partial charge in [-0.15, -0.1) is 0 Å². The second-order valence-electron chi connectivity index (χ2n) is 8.04. The quantitative estimate of drug-likeness (QED) is 0.330. The fourth-order valence-electron chi connectivity index (χ4n) is 5.07. The number of hydrogen-bond acceptors (Lipinski definition) is 2. The van der Waals surface area contributed by atoms with Crippen molar-refractivity contribution in [3.05, 3.63) is 95.7 Å². The highest BCUT2D eigenvalue weighted by atomic mass is 16.3. The Morgan fingerprint density at radius 1 is 0.724 bits per heavy atom. The summed E-state index contributed by atoms with van der Waals surface area (Å²) in [4.78, 5) is 4.97. The predicted molar refractivity (Wildman–Crippen MR) is 120 cm³/mol. The molecule has 0 amide bonds. The van der Waals surface area contributed by atoms with E-state index in [0.717, 1.165) is 29.4 Å². The number of aryl methyl sites for hydroxylation is 1. The van der Waals surface area contributed by atoms with Crippen molar-refractivity contribution in [2.45, 2.75) is 25.2 Å². The zero-order chi connectivity index (χ0) is 19.4. The molecule has 1 aromatic heterocycles. The lowest BCUT2D eigenvalue weighted by Gasteiger charge is -2.27. The van der Waals surface area contributed by atoms with Crippen molar-refractivity contribution in [3.63, 3.8) is 0 Å². The van der Waals surface area contributed by atoms with Gasteiger partial charge in [0.1, 0.15) is 5.75 Å². The third-order valence-corrected chi connectivity index (χ3v) is 6.43. The van der Waals surface area contributed by atoms with E-state index in [4.69, 9.17) is 4.98 Å². The van der Waals surface area contributed by atoms with Crippen LogP contribution in [0.1, 0.15) is 35.6 Å². The number of aromatic hydroxyl groups is 1. The highest BCUT2D eigenvalue weighted by Crippen LogP contribution is 2.42. The van der Waals surface area contributed by atoms with Gasteiger partial charge in [0, 0.05) is 17.0 Å². The van der Waals surface area contributed by atoms with Gasteiger partial charge >= 0.3 is 0 Å². The second-order valence-corrected chi connectivity index (χ2v) is 8.04. The lowest BCUT2D eigenvalue weighted by molar-refractivity contribution is 0.481. The summed E-state index contributed by atoms with van der Waals surface area (Å²) in [6, 6.07) is 27.5. The maximum Gasteiger partial charge on any atom is 0.124 e. The van der Waals surface area contributed by atoms with E-state index in [9.17, 15) is 5.11 Å². The first kappa shape index (κ1) is 16.6. The van der Waals surface area contributed by atoms with E-state index in [1.54, 1.807) is 6.07 Å². The van der Waals surface area contributed by atoms with Gasteiger partial charge in [-0.05, 0) is 76.2 Å². The molecule has 5 aromatic rings. The molecule has 2 nitrogen and oxygen atoms in total. The van der Waals surface area contributed by atoms with E-state index in [1.807, 2.05) is 18.2 Å². The standard InChI is InChI=1S/C27H21NO/c29-26-10-4-9-24-22(26)15-16-25(28-24)23-8-3-6-18-12-13-20-19-7-2-1-5-17(19)11-14-21(20)27(18)23/h1-2,4-5,7,9-16,23,29H,3,6,8H2. The minimum Gasteiger partial charge on any atom is -0.507 e. The van der Waals surface area contributed by atoms with Crippen molar-refractivity contribution in [3.8, 4) is 5.75 Å². The van der Waals surface area contributed by atoms with Gasteiger partial charge in [0.2, 0.25) is 0 Å². The summed E-state index contributed by atoms with van der Waals surface area (Å²) in [7, 11) is 0. The number of phenols is 1. The Morgan fingerprint density at radius 3 is 2.55 bits per heavy atom. The van der Waals surface area contributed by atoms with Gasteiger partial charge in [-0.2, -0.15) is 0 Å². The highest BCUT2D eigenvalue weighted by molar-refractivity contribution is 6.09. The fourth-order valence-corrected chi connectivity index (χ4v) is 5.07. The van der Waals surface area contributed by atoms with E-state index >= 15 is 0 Å². The Balaban J connectivity index is 1.61. The average molecular weight is 375 g/mol. The zero-order valence-electron chi connectivity index (χ0n) is 16.1. The number of benzene rings is 4. The van der Waals surface area contributed by atoms with Crippen LogP contribution in [0.3, 0.4) is 0 Å². The zero-order valence-corrected chi connectivity index (χ0v) is 16.1. The summed E-state index contributed by atoms with van der Waals surface area (Å²) in [5, 5.41) is 16.2. The smallest absolute Gasteiger partial charge is 0.124 e. The van der Waals surface area contributed by atoms with Crippen molar-refractivity contribution in [2.24, 2.45) is 0 Å². The number of nitrogens with zero attached hydrogens (tertiary/aromatic N) is 1. The van der Waals surface area contributed by atoms with Crippen molar-refractivity contribution in [1.29, 1.82) is 0 Å². The van der Waals surface area contributed by atoms with Crippen LogP contribution in [0.15, 0.2) is 78.9 Å². The van der Waals surface area contributed by atoms with Gasteiger partial charge in [-0.25, -0.2) is 0 Å². The second kappa shape index (κ2) is 6.31. The van der Waals surface area contributed by atoms with Crippen LogP contribution in [0, 0.1) is 0 Å². The third kappa shape index (κ3) is 2.52. The maximum absolute atomic E-state index is 10.1. The number of fused-ring (bicyclic) bond motifs is 6. The molecule has 4 aromatic carbocycles. The summed E-state index contributed by atoms with van der Waals surface area (Å²) in [6.07, 6.45) is 3.41. The number of pyridine rings is 1. The first-order valence-electron chi connectivity index (χ1n) is 10.3. The Kier molecular flexibility index (Phi) is 3.60. The molecule has 1 aliphatic carbocycles. The van der Waals surface area contributed by atoms with E-state index < -0.39 is 0 Å². The molecule has 0 saturated heterocycles. The van der Waals surface area contributed by atoms with Crippen LogP contribution in [0.25, 0.3) is 32.4 Å². The van der Waals surface area contributed by atoms with E-state index in [-0.39, 0.29) is 5.92 Å². The molecule has 0 radical (unpaired) electrons. The van der Waals surface area contributed by atoms with E-state index in [1.165, 1.54) is 39.1 Å². The Bertz CT molecular complexity index is 1400. The molecule has 0 bridgehead atoms. The van der Waals surface area contributed by atoms with Crippen LogP contribution in [0.5, 0.6) is 5.75 Å². The fraction of sp³-hybridized carbons (Fsp3) is 0.148. The molecule has 0 fully saturated rings. The van der Waals surface area contributed by atoms with Gasteiger partial charge in [0.05, 0.1) is 5.52 Å². The molecule has 1 heterocycles. The van der Waals surface area contributed by atoms with Gasteiger partial charge < -0.3 is 5.11 Å². The summed E-state index contributed by atoms with van der Waals surface area (Å²) in [6.45, 7) is 0. The molecule has 1 aliphatic rings. The number of phenolic OH excluding ortho intramolecular Hbond substituents is 1. The molecular formula is C27H21NO. The van der Waals surface area contributed by atoms with Gasteiger partial charge in [0.15, 0.2) is 0 Å². The first-order chi connectivity index (χ1) is 14.3. The normalized spacial score (nSPS) is 16.3. The molecule has 0 spiro atoms. The van der Waals surface area contributed by atoms with Crippen molar-refractivity contribution < 1.29 is 5.11 Å². The number of aromatic nitrogens is 1. The van der Waals surface area contributed by atoms with E-state index in [0.29, 0.717) is 5.75 Å². The summed E-state index contributed by atoms with van der Waals surface area (Å²) < 4.78 is 0. The average Bonchev–Trinajstić information content (AvgIpc) is 2.78. The minimum absolute atomic E-state index is 0.287. The largest absolute Gasteiger partial charge is 0.507 e. The lowest BCUT2D eigenvalue weighted by Crippen LogP contribution is -2.13. The maximum atomic E-state index is 10.1. The molecule has 29 heavy (non-hydrogen) atoms. The van der Waals surface area contributed by atoms with Crippen LogP contribution in [-0.4, -0.2) is 10.1 Å². The first-order valence-corrected chi connectivity index (χ1v) is 10.3. The van der Waals surface area contributed by atoms with Crippen LogP contribution in [0.4, 0.5) is 0 Å². The topological polar surface area (TPSA) is 33.1 Å². The van der Waals surface area contributed by atoms with Gasteiger partial charge in [-0.1, -0.05) is 54.6 Å². The molecule has 1 atom stereocenters. The van der Waals surface area contributed by atoms with Crippen LogP contribution < -0.4 is 0 Å². The van der Waals surface area contributed by atoms with Crippen LogP contribution in [-0.2, 0) is 6.42 Å². The number of rotatable bonds is 1. The van der Waals surface area contributed by atoms with Crippen molar-refractivity contribution >= 4 is 32.4 Å². The monoisotopic (exact) mass is 375 g/mol. The molecule has 1 unspecified atom stereocenters. The molecule has 0 saturated carbocycles. The van der Waals surface area contributed by atoms with Gasteiger partial charge in [-0.3, -0.25) is 4.98 Å². The molecule has 1 N–H and O–H groups in total. The van der Waals surface area contributed by atoms with E-state index in [2.05, 4.69) is 54.6 Å². The van der Waals surface area contributed by atoms with Crippen molar-refractivity contribution in [2.75, 3.05) is 0 Å². The highest BCUT2D eigenvalue weighted by Gasteiger charge is 2.25. The third-order valence-electron chi connectivity index (χ3n) is 6.43. The Hall–Kier alpha value is -3.39. The lowest BCUT2D eigenvalue weighted by atomic mass is 9.77. The summed E-state index contributed by atoms with van der Waals surface area (Å²) in [5.74, 6) is 0.581. The minimum atomic E-state index is 0.287.